The van der Waals surface area contributed by atoms with E-state index < -0.39 is 5.97 Å². The quantitative estimate of drug-likeness (QED) is 0.597. The van der Waals surface area contributed by atoms with Crippen molar-refractivity contribution in [3.63, 3.8) is 0 Å². The monoisotopic (exact) mass is 368 g/mol. The molecule has 2 aromatic rings. The van der Waals surface area contributed by atoms with E-state index in [1.54, 1.807) is 4.68 Å². The maximum atomic E-state index is 13.4. The number of aromatic nitrogens is 2. The zero-order chi connectivity index (χ0) is 19.9. The van der Waals surface area contributed by atoms with Crippen molar-refractivity contribution in [3.05, 3.63) is 45.6 Å². The molecule has 27 heavy (non-hydrogen) atoms. The van der Waals surface area contributed by atoms with Crippen molar-refractivity contribution in [2.24, 2.45) is 0 Å². The minimum absolute atomic E-state index is 0.0467. The Morgan fingerprint density at radius 2 is 1.96 bits per heavy atom. The molecule has 1 aliphatic carbocycles. The number of fused-ring (bicyclic) bond motifs is 1. The lowest BCUT2D eigenvalue weighted by molar-refractivity contribution is -0.132. The number of esters is 1. The molecule has 0 aliphatic heterocycles. The van der Waals surface area contributed by atoms with Crippen LogP contribution in [0.4, 0.5) is 0 Å². The second-order valence-electron chi connectivity index (χ2n) is 8.06. The summed E-state index contributed by atoms with van der Waals surface area (Å²) in [5, 5.41) is 4.22. The Balaban J connectivity index is 2.16. The van der Waals surface area contributed by atoms with Gasteiger partial charge in [0.05, 0.1) is 6.20 Å². The van der Waals surface area contributed by atoms with Crippen LogP contribution in [0.5, 0.6) is 5.88 Å². The minimum Gasteiger partial charge on any atom is -0.407 e. The van der Waals surface area contributed by atoms with Crippen molar-refractivity contribution < 1.29 is 14.3 Å². The summed E-state index contributed by atoms with van der Waals surface area (Å²) in [4.78, 5) is 24.9. The Hall–Kier alpha value is -2.43. The Labute approximate surface area is 160 Å². The average Bonchev–Trinajstić information content (AvgIpc) is 2.98. The van der Waals surface area contributed by atoms with Gasteiger partial charge in [0.2, 0.25) is 5.88 Å². The van der Waals surface area contributed by atoms with Crippen LogP contribution in [0.25, 0.3) is 0 Å². The number of ketones is 1. The highest BCUT2D eigenvalue weighted by atomic mass is 16.5. The van der Waals surface area contributed by atoms with Gasteiger partial charge in [-0.1, -0.05) is 13.8 Å². The summed E-state index contributed by atoms with van der Waals surface area (Å²) < 4.78 is 6.86. The van der Waals surface area contributed by atoms with Gasteiger partial charge in [-0.25, -0.2) is 4.68 Å². The highest BCUT2D eigenvalue weighted by molar-refractivity contribution is 6.11. The fourth-order valence-electron chi connectivity index (χ4n) is 4.42. The largest absolute Gasteiger partial charge is 0.407 e. The lowest BCUT2D eigenvalue weighted by Gasteiger charge is -2.36. The van der Waals surface area contributed by atoms with Gasteiger partial charge in [0, 0.05) is 19.0 Å². The molecule has 1 aliphatic rings. The van der Waals surface area contributed by atoms with Crippen LogP contribution in [-0.2, 0) is 23.2 Å². The molecule has 5 nitrogen and oxygen atoms in total. The first-order chi connectivity index (χ1) is 12.7. The Bertz CT molecular complexity index is 922. The topological polar surface area (TPSA) is 61.2 Å². The standard InChI is InChI=1S/C22H28N2O3/c1-7-24-21(27-15(4)25)18(12-23-24)20(26)17-11-13(2)16-9-8-10-22(5,6)19(16)14(17)3/h11-12H,7-10H2,1-6H3. The van der Waals surface area contributed by atoms with Gasteiger partial charge < -0.3 is 4.74 Å². The molecular formula is C22H28N2O3. The molecule has 0 saturated carbocycles. The Morgan fingerprint density at radius 3 is 2.59 bits per heavy atom. The molecule has 0 amide bonds. The van der Waals surface area contributed by atoms with E-state index in [4.69, 9.17) is 4.74 Å². The first-order valence-electron chi connectivity index (χ1n) is 9.59. The van der Waals surface area contributed by atoms with Gasteiger partial charge in [0.25, 0.3) is 0 Å². The van der Waals surface area contributed by atoms with Gasteiger partial charge in [-0.15, -0.1) is 0 Å². The summed E-state index contributed by atoms with van der Waals surface area (Å²) in [6.45, 7) is 12.4. The predicted octanol–water partition coefficient (Wildman–Crippen LogP) is 4.29. The highest BCUT2D eigenvalue weighted by Crippen LogP contribution is 2.41. The summed E-state index contributed by atoms with van der Waals surface area (Å²) in [6, 6.07) is 1.98. The van der Waals surface area contributed by atoms with Crippen molar-refractivity contribution >= 4 is 11.8 Å². The summed E-state index contributed by atoms with van der Waals surface area (Å²) in [5.74, 6) is -0.376. The summed E-state index contributed by atoms with van der Waals surface area (Å²) >= 11 is 0. The first kappa shape index (κ1) is 19.3. The molecule has 5 heteroatoms. The van der Waals surface area contributed by atoms with Crippen LogP contribution >= 0.6 is 0 Å². The molecule has 0 saturated heterocycles. The molecule has 0 atom stereocenters. The number of rotatable bonds is 4. The molecule has 1 aromatic heterocycles. The molecule has 0 unspecified atom stereocenters. The van der Waals surface area contributed by atoms with E-state index in [-0.39, 0.29) is 17.1 Å². The van der Waals surface area contributed by atoms with Gasteiger partial charge >= 0.3 is 5.97 Å². The van der Waals surface area contributed by atoms with Crippen molar-refractivity contribution in [2.45, 2.75) is 72.8 Å². The average molecular weight is 368 g/mol. The maximum absolute atomic E-state index is 13.4. The Morgan fingerprint density at radius 1 is 1.26 bits per heavy atom. The fourth-order valence-corrected chi connectivity index (χ4v) is 4.42. The van der Waals surface area contributed by atoms with Crippen LogP contribution in [0.2, 0.25) is 0 Å². The van der Waals surface area contributed by atoms with Crippen LogP contribution in [0.3, 0.4) is 0 Å². The predicted molar refractivity (Wildman–Crippen MR) is 105 cm³/mol. The second kappa shape index (κ2) is 6.95. The van der Waals surface area contributed by atoms with Crippen molar-refractivity contribution in [1.29, 1.82) is 0 Å². The molecule has 1 aromatic carbocycles. The molecule has 144 valence electrons. The minimum atomic E-state index is -0.460. The van der Waals surface area contributed by atoms with Crippen LogP contribution < -0.4 is 4.74 Å². The lowest BCUT2D eigenvalue weighted by Crippen LogP contribution is -2.27. The number of aryl methyl sites for hydroxylation is 2. The van der Waals surface area contributed by atoms with Crippen LogP contribution in [-0.4, -0.2) is 21.5 Å². The molecule has 3 rings (SSSR count). The second-order valence-corrected chi connectivity index (χ2v) is 8.06. The Kier molecular flexibility index (Phi) is 4.98. The van der Waals surface area contributed by atoms with Crippen LogP contribution in [0, 0.1) is 13.8 Å². The van der Waals surface area contributed by atoms with Gasteiger partial charge in [-0.05, 0) is 73.8 Å². The molecule has 1 heterocycles. The van der Waals surface area contributed by atoms with E-state index in [1.165, 1.54) is 30.7 Å². The SMILES string of the molecule is CCn1ncc(C(=O)c2cc(C)c3c(c2C)C(C)(C)CCC3)c1OC(C)=O. The normalized spacial score (nSPS) is 15.3. The fraction of sp³-hybridized carbons (Fsp3) is 0.500. The third-order valence-electron chi connectivity index (χ3n) is 5.64. The lowest BCUT2D eigenvalue weighted by atomic mass is 9.68. The molecule has 0 radical (unpaired) electrons. The molecule has 0 fully saturated rings. The van der Waals surface area contributed by atoms with Crippen LogP contribution in [0.1, 0.15) is 78.7 Å². The van der Waals surface area contributed by atoms with Gasteiger partial charge in [-0.2, -0.15) is 5.10 Å². The van der Waals surface area contributed by atoms with Crippen molar-refractivity contribution in [1.82, 2.24) is 9.78 Å². The zero-order valence-electron chi connectivity index (χ0n) is 17.1. The van der Waals surface area contributed by atoms with E-state index >= 15 is 0 Å². The molecule has 0 spiro atoms. The van der Waals surface area contributed by atoms with E-state index in [1.807, 2.05) is 19.9 Å². The summed E-state index contributed by atoms with van der Waals surface area (Å²) in [5.41, 5.74) is 5.92. The molecule has 0 bridgehead atoms. The molecule has 0 N–H and O–H groups in total. The highest BCUT2D eigenvalue weighted by Gasteiger charge is 2.33. The third-order valence-corrected chi connectivity index (χ3v) is 5.64. The third kappa shape index (κ3) is 3.31. The number of hydrogen-bond acceptors (Lipinski definition) is 4. The van der Waals surface area contributed by atoms with Gasteiger partial charge in [-0.3, -0.25) is 9.59 Å². The number of benzene rings is 1. The number of carbonyl (C=O) groups excluding carboxylic acids is 2. The number of carbonyl (C=O) groups is 2. The van der Waals surface area contributed by atoms with Crippen molar-refractivity contribution in [3.8, 4) is 5.88 Å². The number of nitrogens with zero attached hydrogens (tertiary/aromatic N) is 2. The summed E-state index contributed by atoms with van der Waals surface area (Å²) in [6.07, 6.45) is 4.85. The first-order valence-corrected chi connectivity index (χ1v) is 9.59. The van der Waals surface area contributed by atoms with E-state index in [0.29, 0.717) is 17.7 Å². The smallest absolute Gasteiger partial charge is 0.309 e. The number of hydrogen-bond donors (Lipinski definition) is 0. The van der Waals surface area contributed by atoms with E-state index in [9.17, 15) is 9.59 Å². The van der Waals surface area contributed by atoms with E-state index in [0.717, 1.165) is 24.0 Å². The summed E-state index contributed by atoms with van der Waals surface area (Å²) in [7, 11) is 0. The molecular weight excluding hydrogens is 340 g/mol. The number of ether oxygens (including phenoxy) is 1. The maximum Gasteiger partial charge on any atom is 0.309 e. The van der Waals surface area contributed by atoms with E-state index in [2.05, 4.69) is 25.9 Å². The zero-order valence-corrected chi connectivity index (χ0v) is 17.1. The van der Waals surface area contributed by atoms with Gasteiger partial charge in [0.15, 0.2) is 5.78 Å². The van der Waals surface area contributed by atoms with Gasteiger partial charge in [0.1, 0.15) is 5.56 Å². The van der Waals surface area contributed by atoms with Crippen molar-refractivity contribution in [2.75, 3.05) is 0 Å². The van der Waals surface area contributed by atoms with Crippen LogP contribution in [0.15, 0.2) is 12.3 Å².